The largest absolute Gasteiger partial charge is 0.311 e. The van der Waals surface area contributed by atoms with Crippen molar-refractivity contribution in [3.8, 4) is 0 Å². The predicted octanol–water partition coefficient (Wildman–Crippen LogP) is 4.67. The van der Waals surface area contributed by atoms with E-state index in [2.05, 4.69) is 60.8 Å². The second-order valence-electron chi connectivity index (χ2n) is 3.36. The molecule has 16 heavy (non-hydrogen) atoms. The molecule has 2 heterocycles. The summed E-state index contributed by atoms with van der Waals surface area (Å²) in [5.74, 6) is 0. The average molecular weight is 381 g/mol. The fraction of sp³-hybridized carbons (Fsp3) is 0.273. The van der Waals surface area contributed by atoms with E-state index in [1.807, 2.05) is 11.3 Å². The zero-order valence-corrected chi connectivity index (χ0v) is 13.3. The van der Waals surface area contributed by atoms with Crippen LogP contribution in [0.4, 0.5) is 0 Å². The van der Waals surface area contributed by atoms with Crippen LogP contribution in [0.15, 0.2) is 31.8 Å². The van der Waals surface area contributed by atoms with Crippen molar-refractivity contribution in [2.75, 3.05) is 6.54 Å². The van der Waals surface area contributed by atoms with Gasteiger partial charge in [-0.05, 0) is 56.5 Å². The van der Waals surface area contributed by atoms with Crippen LogP contribution in [-0.4, -0.2) is 6.54 Å². The maximum Gasteiger partial charge on any atom is 0.0701 e. The minimum atomic E-state index is 0.961. The van der Waals surface area contributed by atoms with E-state index in [0.29, 0.717) is 0 Å². The van der Waals surface area contributed by atoms with Crippen LogP contribution >= 0.6 is 54.5 Å². The topological polar surface area (TPSA) is 12.0 Å². The van der Waals surface area contributed by atoms with Crippen LogP contribution in [0.2, 0.25) is 0 Å². The number of hydrogen-bond donors (Lipinski definition) is 1. The maximum atomic E-state index is 3.48. The Morgan fingerprint density at radius 3 is 2.69 bits per heavy atom. The molecular weight excluding hydrogens is 370 g/mol. The van der Waals surface area contributed by atoms with Crippen LogP contribution in [-0.2, 0) is 13.0 Å². The third kappa shape index (κ3) is 3.96. The normalized spacial score (nSPS) is 10.9. The first kappa shape index (κ1) is 12.8. The Kier molecular flexibility index (Phi) is 5.03. The van der Waals surface area contributed by atoms with Crippen LogP contribution in [0.1, 0.15) is 9.75 Å². The lowest BCUT2D eigenvalue weighted by Crippen LogP contribution is -2.15. The van der Waals surface area contributed by atoms with E-state index in [9.17, 15) is 0 Å². The van der Waals surface area contributed by atoms with Gasteiger partial charge in [0.2, 0.25) is 0 Å². The Labute approximate surface area is 120 Å². The molecule has 2 rings (SSSR count). The molecule has 0 saturated heterocycles. The SMILES string of the molecule is Brc1csc(CNCCc2ccc(Br)s2)c1. The summed E-state index contributed by atoms with van der Waals surface area (Å²) in [6.45, 7) is 1.99. The summed E-state index contributed by atoms with van der Waals surface area (Å²) in [5.41, 5.74) is 0. The molecule has 0 aliphatic carbocycles. The summed E-state index contributed by atoms with van der Waals surface area (Å²) in [6, 6.07) is 6.45. The summed E-state index contributed by atoms with van der Waals surface area (Å²) < 4.78 is 2.39. The number of thiophene rings is 2. The van der Waals surface area contributed by atoms with Gasteiger partial charge in [-0.25, -0.2) is 0 Å². The Hall–Kier alpha value is 0.320. The Bertz CT molecular complexity index is 408. The van der Waals surface area contributed by atoms with Gasteiger partial charge in [0.25, 0.3) is 0 Å². The maximum absolute atomic E-state index is 3.48. The van der Waals surface area contributed by atoms with Gasteiger partial charge in [0, 0.05) is 32.7 Å². The zero-order chi connectivity index (χ0) is 11.4. The van der Waals surface area contributed by atoms with Crippen molar-refractivity contribution in [1.82, 2.24) is 5.32 Å². The summed E-state index contributed by atoms with van der Waals surface area (Å²) in [4.78, 5) is 2.80. The predicted molar refractivity (Wildman–Crippen MR) is 79.4 cm³/mol. The van der Waals surface area contributed by atoms with E-state index in [4.69, 9.17) is 0 Å². The molecule has 0 spiro atoms. The lowest BCUT2D eigenvalue weighted by atomic mass is 10.3. The van der Waals surface area contributed by atoms with E-state index in [0.717, 1.165) is 19.5 Å². The molecule has 0 unspecified atom stereocenters. The Morgan fingerprint density at radius 1 is 1.19 bits per heavy atom. The number of nitrogens with one attached hydrogen (secondary N) is 1. The standard InChI is InChI=1S/C11H11Br2NS2/c12-8-5-10(15-7-8)6-14-4-3-9-1-2-11(13)16-9/h1-2,5,7,14H,3-4,6H2. The van der Waals surface area contributed by atoms with Gasteiger partial charge in [0.05, 0.1) is 3.79 Å². The van der Waals surface area contributed by atoms with Gasteiger partial charge >= 0.3 is 0 Å². The van der Waals surface area contributed by atoms with Crippen molar-refractivity contribution in [2.24, 2.45) is 0 Å². The molecule has 0 aromatic carbocycles. The fourth-order valence-corrected chi connectivity index (χ4v) is 4.26. The third-order valence-corrected chi connectivity index (χ3v) is 5.48. The number of hydrogen-bond acceptors (Lipinski definition) is 3. The molecule has 0 atom stereocenters. The molecular formula is C11H11Br2NS2. The molecule has 0 amide bonds. The molecule has 86 valence electrons. The van der Waals surface area contributed by atoms with Crippen LogP contribution in [0, 0.1) is 0 Å². The first-order chi connectivity index (χ1) is 7.74. The van der Waals surface area contributed by atoms with Crippen molar-refractivity contribution in [1.29, 1.82) is 0 Å². The molecule has 1 nitrogen and oxygen atoms in total. The highest BCUT2D eigenvalue weighted by molar-refractivity contribution is 9.11. The lowest BCUT2D eigenvalue weighted by Gasteiger charge is -2.00. The van der Waals surface area contributed by atoms with Gasteiger partial charge in [-0.1, -0.05) is 0 Å². The van der Waals surface area contributed by atoms with Crippen molar-refractivity contribution >= 4 is 54.5 Å². The molecule has 0 aliphatic heterocycles. The van der Waals surface area contributed by atoms with Crippen molar-refractivity contribution < 1.29 is 0 Å². The first-order valence-electron chi connectivity index (χ1n) is 4.92. The summed E-state index contributed by atoms with van der Waals surface area (Å²) in [5, 5.41) is 5.57. The average Bonchev–Trinajstić information content (AvgIpc) is 2.83. The van der Waals surface area contributed by atoms with Crippen LogP contribution in [0.3, 0.4) is 0 Å². The molecule has 0 aliphatic rings. The second kappa shape index (κ2) is 6.31. The highest BCUT2D eigenvalue weighted by Gasteiger charge is 1.99. The quantitative estimate of drug-likeness (QED) is 0.743. The Morgan fingerprint density at radius 2 is 2.06 bits per heavy atom. The summed E-state index contributed by atoms with van der Waals surface area (Å²) >= 11 is 10.5. The van der Waals surface area contributed by atoms with Crippen molar-refractivity contribution in [3.63, 3.8) is 0 Å². The fourth-order valence-electron chi connectivity index (χ4n) is 1.36. The van der Waals surface area contributed by atoms with Crippen molar-refractivity contribution in [2.45, 2.75) is 13.0 Å². The molecule has 2 aromatic rings. The van der Waals surface area contributed by atoms with Gasteiger partial charge in [0.15, 0.2) is 0 Å². The summed E-state index contributed by atoms with van der Waals surface area (Å²) in [7, 11) is 0. The number of halogens is 2. The van der Waals surface area contributed by atoms with E-state index in [1.165, 1.54) is 18.0 Å². The second-order valence-corrected chi connectivity index (χ2v) is 7.82. The monoisotopic (exact) mass is 379 g/mol. The van der Waals surface area contributed by atoms with E-state index in [1.54, 1.807) is 11.3 Å². The minimum Gasteiger partial charge on any atom is -0.311 e. The molecule has 0 radical (unpaired) electrons. The van der Waals surface area contributed by atoms with Gasteiger partial charge in [-0.2, -0.15) is 0 Å². The van der Waals surface area contributed by atoms with Crippen LogP contribution in [0.5, 0.6) is 0 Å². The highest BCUT2D eigenvalue weighted by Crippen LogP contribution is 2.22. The van der Waals surface area contributed by atoms with Crippen LogP contribution < -0.4 is 5.32 Å². The molecule has 2 aromatic heterocycles. The van der Waals surface area contributed by atoms with Gasteiger partial charge in [0.1, 0.15) is 0 Å². The molecule has 0 saturated carbocycles. The molecule has 5 heteroatoms. The highest BCUT2D eigenvalue weighted by atomic mass is 79.9. The van der Waals surface area contributed by atoms with Gasteiger partial charge in [-0.3, -0.25) is 0 Å². The lowest BCUT2D eigenvalue weighted by molar-refractivity contribution is 0.697. The van der Waals surface area contributed by atoms with Crippen molar-refractivity contribution in [3.05, 3.63) is 41.6 Å². The van der Waals surface area contributed by atoms with Gasteiger partial charge < -0.3 is 5.32 Å². The summed E-state index contributed by atoms with van der Waals surface area (Å²) in [6.07, 6.45) is 1.10. The molecule has 1 N–H and O–H groups in total. The smallest absolute Gasteiger partial charge is 0.0701 e. The van der Waals surface area contributed by atoms with E-state index < -0.39 is 0 Å². The van der Waals surface area contributed by atoms with E-state index in [-0.39, 0.29) is 0 Å². The van der Waals surface area contributed by atoms with Gasteiger partial charge in [-0.15, -0.1) is 22.7 Å². The molecule has 0 fully saturated rings. The first-order valence-corrected chi connectivity index (χ1v) is 8.20. The zero-order valence-electron chi connectivity index (χ0n) is 8.50. The van der Waals surface area contributed by atoms with Crippen LogP contribution in [0.25, 0.3) is 0 Å². The Balaban J connectivity index is 1.69. The van der Waals surface area contributed by atoms with E-state index >= 15 is 0 Å². The number of rotatable bonds is 5. The minimum absolute atomic E-state index is 0.961. The molecule has 0 bridgehead atoms. The third-order valence-electron chi connectivity index (χ3n) is 2.10.